The molecule has 0 N–H and O–H groups in total. The highest BCUT2D eigenvalue weighted by Gasteiger charge is 2.36. The van der Waals surface area contributed by atoms with Gasteiger partial charge in [-0.2, -0.15) is 0 Å². The van der Waals surface area contributed by atoms with E-state index in [2.05, 4.69) is 52.0 Å². The molecule has 0 spiro atoms. The highest BCUT2D eigenvalue weighted by molar-refractivity contribution is 5.05. The van der Waals surface area contributed by atoms with E-state index in [1.54, 1.807) is 0 Å². The Kier molecular flexibility index (Phi) is 17.9. The van der Waals surface area contributed by atoms with E-state index >= 15 is 0 Å². The zero-order valence-electron chi connectivity index (χ0n) is 24.7. The Bertz CT molecular complexity index is 560. The fourth-order valence-electron chi connectivity index (χ4n) is 6.24. The summed E-state index contributed by atoms with van der Waals surface area (Å²) < 4.78 is 13.2. The molecule has 2 aliphatic rings. The van der Waals surface area contributed by atoms with Crippen LogP contribution in [0.3, 0.4) is 0 Å². The molecule has 0 aliphatic heterocycles. The molecule has 0 saturated heterocycles. The van der Waals surface area contributed by atoms with Crippen molar-refractivity contribution in [3.8, 4) is 0 Å². The third-order valence-electron chi connectivity index (χ3n) is 8.75. The monoisotopic (exact) mass is 502 g/mol. The van der Waals surface area contributed by atoms with Crippen LogP contribution in [0.2, 0.25) is 0 Å². The topological polar surface area (TPSA) is 18.5 Å². The van der Waals surface area contributed by atoms with Gasteiger partial charge in [-0.3, -0.25) is 0 Å². The van der Waals surface area contributed by atoms with Gasteiger partial charge in [0, 0.05) is 25.0 Å². The quantitative estimate of drug-likeness (QED) is 0.129. The first kappa shape index (κ1) is 31.6. The molecule has 2 heteroatoms. The third-order valence-corrected chi connectivity index (χ3v) is 8.75. The average molecular weight is 503 g/mol. The van der Waals surface area contributed by atoms with Crippen LogP contribution in [0.25, 0.3) is 0 Å². The van der Waals surface area contributed by atoms with Crippen LogP contribution in [0.1, 0.15) is 143 Å². The Morgan fingerprint density at radius 2 is 1.06 bits per heavy atom. The van der Waals surface area contributed by atoms with Crippen molar-refractivity contribution in [2.75, 3.05) is 13.2 Å². The second-order valence-corrected chi connectivity index (χ2v) is 12.1. The molecule has 0 radical (unpaired) electrons. The minimum Gasteiger partial charge on any atom is -0.378 e. The number of hydrogen-bond acceptors (Lipinski definition) is 2. The van der Waals surface area contributed by atoms with Crippen molar-refractivity contribution in [2.45, 2.75) is 155 Å². The maximum absolute atomic E-state index is 6.62. The molecular weight excluding hydrogens is 440 g/mol. The maximum atomic E-state index is 6.62. The van der Waals surface area contributed by atoms with Gasteiger partial charge in [-0.25, -0.2) is 0 Å². The molecule has 2 nitrogen and oxygen atoms in total. The van der Waals surface area contributed by atoms with E-state index in [1.807, 2.05) is 0 Å². The van der Waals surface area contributed by atoms with E-state index in [1.165, 1.54) is 103 Å². The van der Waals surface area contributed by atoms with Crippen LogP contribution in [-0.4, -0.2) is 25.4 Å². The minimum atomic E-state index is 0.340. The summed E-state index contributed by atoms with van der Waals surface area (Å²) in [5, 5.41) is 0. The molecule has 0 aromatic heterocycles. The van der Waals surface area contributed by atoms with Gasteiger partial charge in [-0.05, 0) is 57.3 Å². The van der Waals surface area contributed by atoms with Crippen molar-refractivity contribution < 1.29 is 9.47 Å². The summed E-state index contributed by atoms with van der Waals surface area (Å²) >= 11 is 0. The zero-order valence-corrected chi connectivity index (χ0v) is 24.7. The summed E-state index contributed by atoms with van der Waals surface area (Å²) in [5.74, 6) is 2.68. The minimum absolute atomic E-state index is 0.340. The van der Waals surface area contributed by atoms with Crippen LogP contribution in [0, 0.1) is 23.7 Å². The predicted octanol–water partition coefficient (Wildman–Crippen LogP) is 10.5. The highest BCUT2D eigenvalue weighted by Crippen LogP contribution is 2.37. The van der Waals surface area contributed by atoms with Gasteiger partial charge in [0.15, 0.2) is 0 Å². The molecule has 36 heavy (non-hydrogen) atoms. The van der Waals surface area contributed by atoms with Crippen LogP contribution < -0.4 is 0 Å². The summed E-state index contributed by atoms with van der Waals surface area (Å²) in [7, 11) is 0. The molecule has 4 atom stereocenters. The SMILES string of the molecule is C/C=C/C1CC(OCCCCCCCC)C(/C=C/C2CCC(C)CC2)CC1OCCCCCCCC. The lowest BCUT2D eigenvalue weighted by molar-refractivity contribution is -0.0731. The van der Waals surface area contributed by atoms with Crippen LogP contribution in [-0.2, 0) is 9.47 Å². The molecule has 2 rings (SSSR count). The zero-order chi connectivity index (χ0) is 25.8. The van der Waals surface area contributed by atoms with Gasteiger partial charge in [0.25, 0.3) is 0 Å². The first-order valence-corrected chi connectivity index (χ1v) is 16.2. The van der Waals surface area contributed by atoms with Crippen LogP contribution in [0.15, 0.2) is 24.3 Å². The Morgan fingerprint density at radius 3 is 1.56 bits per heavy atom. The normalized spacial score (nSPS) is 29.4. The summed E-state index contributed by atoms with van der Waals surface area (Å²) in [6, 6.07) is 0. The lowest BCUT2D eigenvalue weighted by Gasteiger charge is -2.39. The van der Waals surface area contributed by atoms with E-state index in [0.717, 1.165) is 37.9 Å². The molecule has 0 aromatic carbocycles. The first-order chi connectivity index (χ1) is 17.7. The van der Waals surface area contributed by atoms with Gasteiger partial charge < -0.3 is 9.47 Å². The number of ether oxygens (including phenoxy) is 2. The van der Waals surface area contributed by atoms with E-state index in [4.69, 9.17) is 9.47 Å². The third kappa shape index (κ3) is 13.3. The van der Waals surface area contributed by atoms with Crippen molar-refractivity contribution in [3.63, 3.8) is 0 Å². The summed E-state index contributed by atoms with van der Waals surface area (Å²) in [6.45, 7) is 11.0. The Morgan fingerprint density at radius 1 is 0.583 bits per heavy atom. The molecule has 2 saturated carbocycles. The van der Waals surface area contributed by atoms with Crippen molar-refractivity contribution >= 4 is 0 Å². The van der Waals surface area contributed by atoms with Crippen molar-refractivity contribution in [1.29, 1.82) is 0 Å². The van der Waals surface area contributed by atoms with E-state index in [0.29, 0.717) is 24.0 Å². The number of unbranched alkanes of at least 4 members (excludes halogenated alkanes) is 10. The molecule has 4 unspecified atom stereocenters. The molecule has 2 fully saturated rings. The van der Waals surface area contributed by atoms with Crippen LogP contribution >= 0.6 is 0 Å². The van der Waals surface area contributed by atoms with E-state index in [9.17, 15) is 0 Å². The Hall–Kier alpha value is -0.600. The molecule has 0 aromatic rings. The van der Waals surface area contributed by atoms with Crippen LogP contribution in [0.4, 0.5) is 0 Å². The Labute approximate surface area is 226 Å². The summed E-state index contributed by atoms with van der Waals surface area (Å²) in [6.07, 6.45) is 34.1. The largest absolute Gasteiger partial charge is 0.378 e. The fraction of sp³-hybridized carbons (Fsp3) is 0.882. The van der Waals surface area contributed by atoms with Crippen molar-refractivity contribution in [3.05, 3.63) is 24.3 Å². The summed E-state index contributed by atoms with van der Waals surface area (Å²) in [5.41, 5.74) is 0. The number of rotatable bonds is 19. The second-order valence-electron chi connectivity index (χ2n) is 12.1. The van der Waals surface area contributed by atoms with Gasteiger partial charge in [-0.1, -0.05) is 122 Å². The van der Waals surface area contributed by atoms with Gasteiger partial charge in [0.05, 0.1) is 12.2 Å². The van der Waals surface area contributed by atoms with Crippen molar-refractivity contribution in [1.82, 2.24) is 0 Å². The average Bonchev–Trinajstić information content (AvgIpc) is 2.88. The van der Waals surface area contributed by atoms with E-state index in [-0.39, 0.29) is 0 Å². The second kappa shape index (κ2) is 20.4. The van der Waals surface area contributed by atoms with Crippen LogP contribution in [0.5, 0.6) is 0 Å². The van der Waals surface area contributed by atoms with Gasteiger partial charge in [0.2, 0.25) is 0 Å². The lowest BCUT2D eigenvalue weighted by Crippen LogP contribution is -2.40. The molecule has 0 heterocycles. The van der Waals surface area contributed by atoms with Gasteiger partial charge in [-0.15, -0.1) is 0 Å². The maximum Gasteiger partial charge on any atom is 0.0645 e. The smallest absolute Gasteiger partial charge is 0.0645 e. The van der Waals surface area contributed by atoms with Gasteiger partial charge in [0.1, 0.15) is 0 Å². The fourth-order valence-corrected chi connectivity index (χ4v) is 6.24. The molecule has 210 valence electrons. The van der Waals surface area contributed by atoms with Crippen molar-refractivity contribution in [2.24, 2.45) is 23.7 Å². The Balaban J connectivity index is 1.90. The molecule has 0 bridgehead atoms. The number of allylic oxidation sites excluding steroid dienone is 2. The van der Waals surface area contributed by atoms with E-state index < -0.39 is 0 Å². The molecule has 0 amide bonds. The lowest BCUT2D eigenvalue weighted by atomic mass is 9.76. The highest BCUT2D eigenvalue weighted by atomic mass is 16.5. The molecule has 2 aliphatic carbocycles. The standard InChI is InChI=1S/C34H62O2/c1-5-8-10-12-14-16-25-35-33-28-32(24-23-30-21-19-29(4)20-22-30)34(27-31(33)18-7-3)36-26-17-15-13-11-9-6-2/h7,18,23-24,29-34H,5-6,8-17,19-22,25-28H2,1-4H3/b18-7+,24-23+. The predicted molar refractivity (Wildman–Crippen MR) is 158 cm³/mol. The number of hydrogen-bond donors (Lipinski definition) is 0. The molecular formula is C34H62O2. The summed E-state index contributed by atoms with van der Waals surface area (Å²) in [4.78, 5) is 0. The first-order valence-electron chi connectivity index (χ1n) is 16.2. The van der Waals surface area contributed by atoms with Gasteiger partial charge >= 0.3 is 0 Å².